The number of likely N-dealkylation sites (tertiary alicyclic amines) is 1. The average Bonchev–Trinajstić information content (AvgIpc) is 3.25. The van der Waals surface area contributed by atoms with Crippen LogP contribution in [0.15, 0.2) is 47.1 Å². The van der Waals surface area contributed by atoms with Crippen molar-refractivity contribution >= 4 is 17.5 Å². The third-order valence-electron chi connectivity index (χ3n) is 4.93. The lowest BCUT2D eigenvalue weighted by atomic mass is 10.1. The number of rotatable bonds is 3. The van der Waals surface area contributed by atoms with Gasteiger partial charge in [-0.1, -0.05) is 41.7 Å². The van der Waals surface area contributed by atoms with E-state index in [2.05, 4.69) is 10.3 Å². The zero-order chi connectivity index (χ0) is 18.8. The molecule has 1 aromatic carbocycles. The monoisotopic (exact) mass is 384 g/mol. The molecule has 1 aliphatic heterocycles. The predicted molar refractivity (Wildman–Crippen MR) is 102 cm³/mol. The Balaban J connectivity index is 1.62. The maximum Gasteiger partial charge on any atom is 0.276 e. The van der Waals surface area contributed by atoms with Crippen LogP contribution < -0.4 is 0 Å². The van der Waals surface area contributed by atoms with Gasteiger partial charge >= 0.3 is 0 Å². The van der Waals surface area contributed by atoms with Crippen molar-refractivity contribution in [1.29, 1.82) is 0 Å². The SMILES string of the molecule is Cn1ccc(C2CCCCCN2C(=O)c2cc(-c3cccc(Cl)c3)on2)n1. The van der Waals surface area contributed by atoms with Gasteiger partial charge in [0.05, 0.1) is 11.7 Å². The van der Waals surface area contributed by atoms with E-state index in [1.54, 1.807) is 22.9 Å². The number of amides is 1. The summed E-state index contributed by atoms with van der Waals surface area (Å²) in [6.45, 7) is 0.694. The Kier molecular flexibility index (Phi) is 4.99. The fourth-order valence-electron chi connectivity index (χ4n) is 3.57. The molecule has 0 aliphatic carbocycles. The molecular weight excluding hydrogens is 364 g/mol. The minimum absolute atomic E-state index is 0.0347. The second-order valence-electron chi connectivity index (χ2n) is 6.86. The van der Waals surface area contributed by atoms with Crippen molar-refractivity contribution in [3.63, 3.8) is 0 Å². The second kappa shape index (κ2) is 7.56. The topological polar surface area (TPSA) is 64.2 Å². The first kappa shape index (κ1) is 17.8. The van der Waals surface area contributed by atoms with E-state index in [0.29, 0.717) is 23.0 Å². The zero-order valence-corrected chi connectivity index (χ0v) is 15.9. The van der Waals surface area contributed by atoms with Gasteiger partial charge in [-0.3, -0.25) is 9.48 Å². The first-order valence-electron chi connectivity index (χ1n) is 9.15. The van der Waals surface area contributed by atoms with Crippen LogP contribution in [0, 0.1) is 0 Å². The molecule has 1 fully saturated rings. The number of hydrogen-bond donors (Lipinski definition) is 0. The van der Waals surface area contributed by atoms with Gasteiger partial charge in [-0.15, -0.1) is 0 Å². The zero-order valence-electron chi connectivity index (χ0n) is 15.1. The summed E-state index contributed by atoms with van der Waals surface area (Å²) in [4.78, 5) is 15.1. The molecule has 27 heavy (non-hydrogen) atoms. The number of halogens is 1. The minimum Gasteiger partial charge on any atom is -0.355 e. The third-order valence-corrected chi connectivity index (χ3v) is 5.16. The molecule has 3 heterocycles. The van der Waals surface area contributed by atoms with Crippen LogP contribution in [-0.2, 0) is 7.05 Å². The summed E-state index contributed by atoms with van der Waals surface area (Å²) in [5.74, 6) is 0.412. The molecule has 140 valence electrons. The molecule has 1 amide bonds. The smallest absolute Gasteiger partial charge is 0.276 e. The Labute approximate surface area is 162 Å². The standard InChI is InChI=1S/C20H21ClN4O2/c1-24-11-9-16(22-24)18-8-3-2-4-10-25(18)20(26)17-13-19(27-23-17)14-6-5-7-15(21)12-14/h5-7,9,11-13,18H,2-4,8,10H2,1H3. The molecule has 7 heteroatoms. The van der Waals surface area contributed by atoms with Crippen molar-refractivity contribution < 1.29 is 9.32 Å². The Morgan fingerprint density at radius 1 is 1.22 bits per heavy atom. The summed E-state index contributed by atoms with van der Waals surface area (Å²) < 4.78 is 7.19. The van der Waals surface area contributed by atoms with E-state index in [1.807, 2.05) is 36.3 Å². The third kappa shape index (κ3) is 3.76. The molecule has 4 rings (SSSR count). The number of benzene rings is 1. The van der Waals surface area contributed by atoms with E-state index in [9.17, 15) is 4.79 Å². The molecule has 0 bridgehead atoms. The van der Waals surface area contributed by atoms with E-state index >= 15 is 0 Å². The Hall–Kier alpha value is -2.60. The van der Waals surface area contributed by atoms with Crippen LogP contribution in [-0.4, -0.2) is 32.3 Å². The van der Waals surface area contributed by atoms with Crippen molar-refractivity contribution in [2.45, 2.75) is 31.7 Å². The highest BCUT2D eigenvalue weighted by Gasteiger charge is 2.30. The van der Waals surface area contributed by atoms with Gasteiger partial charge in [0.1, 0.15) is 0 Å². The van der Waals surface area contributed by atoms with E-state index in [1.165, 1.54) is 0 Å². The second-order valence-corrected chi connectivity index (χ2v) is 7.30. The van der Waals surface area contributed by atoms with Gasteiger partial charge in [0.2, 0.25) is 0 Å². The fourth-order valence-corrected chi connectivity index (χ4v) is 3.76. The molecule has 2 aromatic heterocycles. The Morgan fingerprint density at radius 3 is 2.89 bits per heavy atom. The molecule has 6 nitrogen and oxygen atoms in total. The van der Waals surface area contributed by atoms with E-state index in [4.69, 9.17) is 16.1 Å². The minimum atomic E-state index is -0.121. The molecule has 1 saturated heterocycles. The van der Waals surface area contributed by atoms with Crippen LogP contribution in [0.1, 0.15) is 47.9 Å². The molecule has 3 aromatic rings. The normalized spacial score (nSPS) is 17.7. The van der Waals surface area contributed by atoms with Crippen molar-refractivity contribution in [3.8, 4) is 11.3 Å². The fraction of sp³-hybridized carbons (Fsp3) is 0.350. The summed E-state index contributed by atoms with van der Waals surface area (Å²) in [6.07, 6.45) is 5.99. The van der Waals surface area contributed by atoms with E-state index < -0.39 is 0 Å². The summed E-state index contributed by atoms with van der Waals surface area (Å²) in [5, 5.41) is 9.17. The summed E-state index contributed by atoms with van der Waals surface area (Å²) in [7, 11) is 1.89. The highest BCUT2D eigenvalue weighted by Crippen LogP contribution is 2.31. The first-order chi connectivity index (χ1) is 13.1. The molecule has 0 spiro atoms. The highest BCUT2D eigenvalue weighted by molar-refractivity contribution is 6.30. The number of carbonyl (C=O) groups is 1. The molecule has 0 N–H and O–H groups in total. The van der Waals surface area contributed by atoms with Crippen LogP contribution in [0.5, 0.6) is 0 Å². The number of carbonyl (C=O) groups excluding carboxylic acids is 1. The average molecular weight is 385 g/mol. The first-order valence-corrected chi connectivity index (χ1v) is 9.53. The lowest BCUT2D eigenvalue weighted by Gasteiger charge is -2.28. The van der Waals surface area contributed by atoms with Gasteiger partial charge in [0.15, 0.2) is 11.5 Å². The predicted octanol–water partition coefficient (Wildman–Crippen LogP) is 4.49. The van der Waals surface area contributed by atoms with E-state index in [0.717, 1.165) is 36.9 Å². The molecule has 1 atom stereocenters. The molecule has 1 unspecified atom stereocenters. The Bertz CT molecular complexity index is 949. The van der Waals surface area contributed by atoms with E-state index in [-0.39, 0.29) is 11.9 Å². The lowest BCUT2D eigenvalue weighted by molar-refractivity contribution is 0.0666. The van der Waals surface area contributed by atoms with Gasteiger partial charge in [-0.05, 0) is 31.0 Å². The van der Waals surface area contributed by atoms with Gasteiger partial charge in [-0.25, -0.2) is 0 Å². The lowest BCUT2D eigenvalue weighted by Crippen LogP contribution is -2.35. The van der Waals surface area contributed by atoms with Gasteiger partial charge < -0.3 is 9.42 Å². The maximum absolute atomic E-state index is 13.2. The molecule has 1 aliphatic rings. The van der Waals surface area contributed by atoms with Gasteiger partial charge in [0, 0.05) is 36.4 Å². The van der Waals surface area contributed by atoms with Crippen molar-refractivity contribution in [3.05, 3.63) is 59.0 Å². The van der Waals surface area contributed by atoms with Crippen LogP contribution in [0.4, 0.5) is 0 Å². The Morgan fingerprint density at radius 2 is 2.11 bits per heavy atom. The molecule has 0 saturated carbocycles. The van der Waals surface area contributed by atoms with Crippen LogP contribution in [0.25, 0.3) is 11.3 Å². The molecular formula is C20H21ClN4O2. The van der Waals surface area contributed by atoms with Crippen LogP contribution in [0.3, 0.4) is 0 Å². The van der Waals surface area contributed by atoms with Crippen LogP contribution >= 0.6 is 11.6 Å². The van der Waals surface area contributed by atoms with Crippen molar-refractivity contribution in [2.24, 2.45) is 7.05 Å². The maximum atomic E-state index is 13.2. The van der Waals surface area contributed by atoms with Crippen molar-refractivity contribution in [1.82, 2.24) is 19.8 Å². The van der Waals surface area contributed by atoms with Crippen molar-refractivity contribution in [2.75, 3.05) is 6.54 Å². The quantitative estimate of drug-likeness (QED) is 0.667. The summed E-state index contributed by atoms with van der Waals surface area (Å²) in [5.41, 5.74) is 2.03. The van der Waals surface area contributed by atoms with Crippen LogP contribution in [0.2, 0.25) is 5.02 Å². The number of nitrogens with zero attached hydrogens (tertiary/aromatic N) is 4. The summed E-state index contributed by atoms with van der Waals surface area (Å²) in [6, 6.07) is 10.9. The van der Waals surface area contributed by atoms with Gasteiger partial charge in [-0.2, -0.15) is 5.10 Å². The van der Waals surface area contributed by atoms with Gasteiger partial charge in [0.25, 0.3) is 5.91 Å². The highest BCUT2D eigenvalue weighted by atomic mass is 35.5. The molecule has 0 radical (unpaired) electrons. The summed E-state index contributed by atoms with van der Waals surface area (Å²) >= 11 is 6.05. The number of hydrogen-bond acceptors (Lipinski definition) is 4. The largest absolute Gasteiger partial charge is 0.355 e. The number of aryl methyl sites for hydroxylation is 1. The number of aromatic nitrogens is 3.